The first-order valence-electron chi connectivity index (χ1n) is 11.1. The van der Waals surface area contributed by atoms with Gasteiger partial charge < -0.3 is 10.4 Å². The molecule has 1 aliphatic carbocycles. The van der Waals surface area contributed by atoms with Crippen LogP contribution in [0.5, 0.6) is 5.75 Å². The van der Waals surface area contributed by atoms with Crippen LogP contribution in [0.2, 0.25) is 0 Å². The zero-order valence-corrected chi connectivity index (χ0v) is 18.9. The Labute approximate surface area is 192 Å². The van der Waals surface area contributed by atoms with Crippen LogP contribution in [0.25, 0.3) is 11.0 Å². The summed E-state index contributed by atoms with van der Waals surface area (Å²) in [6, 6.07) is 17.8. The van der Waals surface area contributed by atoms with Crippen LogP contribution in [-0.4, -0.2) is 20.1 Å². The second kappa shape index (κ2) is 9.17. The molecule has 1 aliphatic rings. The standard InChI is InChI=1S/C26H26N4OS/c1-17-7-14-24(32-20-10-8-19(31)9-11-20)23(15-17)30-26-21-12-13-22(18-5-3-2-4-6-18)29-25(21)27-16-28-26/h7-16,18,31H,2-6H2,1H3,(H,27,28,29,30). The highest BCUT2D eigenvalue weighted by molar-refractivity contribution is 7.99. The maximum Gasteiger partial charge on any atom is 0.164 e. The zero-order valence-electron chi connectivity index (χ0n) is 18.1. The number of nitrogens with zero attached hydrogens (tertiary/aromatic N) is 3. The minimum atomic E-state index is 0.268. The van der Waals surface area contributed by atoms with Crippen molar-refractivity contribution in [2.75, 3.05) is 5.32 Å². The predicted octanol–water partition coefficient (Wildman–Crippen LogP) is 6.98. The van der Waals surface area contributed by atoms with Gasteiger partial charge >= 0.3 is 0 Å². The van der Waals surface area contributed by atoms with Gasteiger partial charge in [0.1, 0.15) is 17.9 Å². The highest BCUT2D eigenvalue weighted by Crippen LogP contribution is 2.37. The third-order valence-corrected chi connectivity index (χ3v) is 7.08. The molecule has 0 unspecified atom stereocenters. The summed E-state index contributed by atoms with van der Waals surface area (Å²) in [4.78, 5) is 16.0. The molecule has 0 bridgehead atoms. The third kappa shape index (κ3) is 4.55. The lowest BCUT2D eigenvalue weighted by molar-refractivity contribution is 0.437. The van der Waals surface area contributed by atoms with Gasteiger partial charge in [-0.15, -0.1) is 0 Å². The van der Waals surface area contributed by atoms with E-state index < -0.39 is 0 Å². The molecule has 0 radical (unpaired) electrons. The Bertz CT molecular complexity index is 1240. The summed E-state index contributed by atoms with van der Waals surface area (Å²) in [5, 5.41) is 14.0. The Balaban J connectivity index is 1.46. The number of aromatic nitrogens is 3. The number of phenolic OH excluding ortho intramolecular Hbond substituents is 1. The normalized spacial score (nSPS) is 14.5. The van der Waals surface area contributed by atoms with Crippen molar-refractivity contribution in [1.82, 2.24) is 15.0 Å². The number of benzene rings is 2. The van der Waals surface area contributed by atoms with Gasteiger partial charge in [0.2, 0.25) is 0 Å². The molecule has 0 saturated heterocycles. The van der Waals surface area contributed by atoms with E-state index in [0.717, 1.165) is 38.0 Å². The number of aromatic hydroxyl groups is 1. The molecule has 5 nitrogen and oxygen atoms in total. The Morgan fingerprint density at radius 3 is 2.56 bits per heavy atom. The van der Waals surface area contributed by atoms with Gasteiger partial charge in [-0.05, 0) is 73.9 Å². The highest BCUT2D eigenvalue weighted by atomic mass is 32.2. The summed E-state index contributed by atoms with van der Waals surface area (Å²) in [7, 11) is 0. The van der Waals surface area contributed by atoms with Crippen molar-refractivity contribution in [3.63, 3.8) is 0 Å². The Kier molecular flexibility index (Phi) is 5.95. The van der Waals surface area contributed by atoms with Crippen LogP contribution >= 0.6 is 11.8 Å². The molecular formula is C26H26N4OS. The van der Waals surface area contributed by atoms with E-state index in [4.69, 9.17) is 4.98 Å². The number of nitrogens with one attached hydrogen (secondary N) is 1. The molecule has 2 heterocycles. The summed E-state index contributed by atoms with van der Waals surface area (Å²) in [5.41, 5.74) is 4.05. The van der Waals surface area contributed by atoms with Crippen LogP contribution < -0.4 is 5.32 Å². The number of pyridine rings is 1. The van der Waals surface area contributed by atoms with Crippen LogP contribution in [-0.2, 0) is 0 Å². The number of anilines is 2. The van der Waals surface area contributed by atoms with Gasteiger partial charge in [-0.1, -0.05) is 37.1 Å². The van der Waals surface area contributed by atoms with Crippen molar-refractivity contribution in [2.24, 2.45) is 0 Å². The van der Waals surface area contributed by atoms with E-state index in [1.807, 2.05) is 12.1 Å². The predicted molar refractivity (Wildman–Crippen MR) is 130 cm³/mol. The minimum Gasteiger partial charge on any atom is -0.508 e. The topological polar surface area (TPSA) is 70.9 Å². The van der Waals surface area contributed by atoms with Crippen molar-refractivity contribution in [2.45, 2.75) is 54.7 Å². The first-order chi connectivity index (χ1) is 15.7. The summed E-state index contributed by atoms with van der Waals surface area (Å²) < 4.78 is 0. The number of phenols is 1. The number of rotatable bonds is 5. The number of fused-ring (bicyclic) bond motifs is 1. The molecule has 0 aliphatic heterocycles. The second-order valence-corrected chi connectivity index (χ2v) is 9.50. The number of aryl methyl sites for hydroxylation is 1. The summed E-state index contributed by atoms with van der Waals surface area (Å²) >= 11 is 1.64. The van der Waals surface area contributed by atoms with E-state index in [1.165, 1.54) is 37.7 Å². The Morgan fingerprint density at radius 1 is 0.938 bits per heavy atom. The van der Waals surface area contributed by atoms with Gasteiger partial charge in [-0.25, -0.2) is 15.0 Å². The van der Waals surface area contributed by atoms with Crippen molar-refractivity contribution in [1.29, 1.82) is 0 Å². The number of hydrogen-bond donors (Lipinski definition) is 2. The first kappa shape index (κ1) is 20.8. The van der Waals surface area contributed by atoms with E-state index in [1.54, 1.807) is 30.2 Å². The van der Waals surface area contributed by atoms with E-state index in [9.17, 15) is 5.11 Å². The smallest absolute Gasteiger partial charge is 0.164 e. The van der Waals surface area contributed by atoms with E-state index >= 15 is 0 Å². The molecule has 0 spiro atoms. The molecule has 32 heavy (non-hydrogen) atoms. The van der Waals surface area contributed by atoms with E-state index in [-0.39, 0.29) is 5.75 Å². The fourth-order valence-electron chi connectivity index (χ4n) is 4.28. The van der Waals surface area contributed by atoms with Crippen molar-refractivity contribution >= 4 is 34.3 Å². The fraction of sp³-hybridized carbons (Fsp3) is 0.269. The maximum atomic E-state index is 9.57. The van der Waals surface area contributed by atoms with Crippen LogP contribution in [0, 0.1) is 6.92 Å². The summed E-state index contributed by atoms with van der Waals surface area (Å²) in [6.45, 7) is 2.08. The highest BCUT2D eigenvalue weighted by Gasteiger charge is 2.18. The van der Waals surface area contributed by atoms with Crippen molar-refractivity contribution < 1.29 is 5.11 Å². The molecule has 2 aromatic heterocycles. The van der Waals surface area contributed by atoms with Crippen LogP contribution in [0.1, 0.15) is 49.3 Å². The largest absolute Gasteiger partial charge is 0.508 e. The van der Waals surface area contributed by atoms with Crippen LogP contribution in [0.4, 0.5) is 11.5 Å². The van der Waals surface area contributed by atoms with E-state index in [0.29, 0.717) is 5.92 Å². The molecule has 2 N–H and O–H groups in total. The van der Waals surface area contributed by atoms with Gasteiger partial charge in [0.15, 0.2) is 5.65 Å². The fourth-order valence-corrected chi connectivity index (χ4v) is 5.16. The third-order valence-electron chi connectivity index (χ3n) is 5.99. The maximum absolute atomic E-state index is 9.57. The molecule has 1 saturated carbocycles. The molecule has 4 aromatic rings. The molecular weight excluding hydrogens is 416 g/mol. The summed E-state index contributed by atoms with van der Waals surface area (Å²) in [6.07, 6.45) is 7.93. The van der Waals surface area contributed by atoms with Crippen molar-refractivity contribution in [3.05, 3.63) is 72.2 Å². The van der Waals surface area contributed by atoms with Crippen LogP contribution in [0.3, 0.4) is 0 Å². The SMILES string of the molecule is Cc1ccc(Sc2ccc(O)cc2)c(Nc2ncnc3nc(C4CCCCC4)ccc23)c1. The Morgan fingerprint density at radius 2 is 1.75 bits per heavy atom. The van der Waals surface area contributed by atoms with Gasteiger partial charge in [0, 0.05) is 21.4 Å². The van der Waals surface area contributed by atoms with Gasteiger partial charge in [0.25, 0.3) is 0 Å². The average Bonchev–Trinajstić information content (AvgIpc) is 2.82. The van der Waals surface area contributed by atoms with E-state index in [2.05, 4.69) is 52.5 Å². The molecule has 0 atom stereocenters. The molecule has 5 rings (SSSR count). The minimum absolute atomic E-state index is 0.268. The average molecular weight is 443 g/mol. The number of hydrogen-bond acceptors (Lipinski definition) is 6. The molecule has 1 fully saturated rings. The first-order valence-corrected chi connectivity index (χ1v) is 11.9. The van der Waals surface area contributed by atoms with Gasteiger partial charge in [0.05, 0.1) is 11.1 Å². The molecule has 2 aromatic carbocycles. The Hall–Kier alpha value is -3.12. The second-order valence-electron chi connectivity index (χ2n) is 8.39. The molecule has 6 heteroatoms. The van der Waals surface area contributed by atoms with Gasteiger partial charge in [-0.3, -0.25) is 0 Å². The zero-order chi connectivity index (χ0) is 21.9. The quantitative estimate of drug-likeness (QED) is 0.347. The monoisotopic (exact) mass is 442 g/mol. The van der Waals surface area contributed by atoms with Crippen LogP contribution in [0.15, 0.2) is 70.7 Å². The van der Waals surface area contributed by atoms with Gasteiger partial charge in [-0.2, -0.15) is 0 Å². The lowest BCUT2D eigenvalue weighted by Gasteiger charge is -2.21. The summed E-state index contributed by atoms with van der Waals surface area (Å²) in [5.74, 6) is 1.57. The molecule has 0 amide bonds. The molecule has 162 valence electrons. The van der Waals surface area contributed by atoms with Crippen molar-refractivity contribution in [3.8, 4) is 5.75 Å². The lowest BCUT2D eigenvalue weighted by Crippen LogP contribution is -2.07. The lowest BCUT2D eigenvalue weighted by atomic mass is 9.86.